The highest BCUT2D eigenvalue weighted by molar-refractivity contribution is 7.99. The summed E-state index contributed by atoms with van der Waals surface area (Å²) in [5.41, 5.74) is 1.64. The number of hydrogen-bond donors (Lipinski definition) is 1. The number of halogens is 1. The topological polar surface area (TPSA) is 101 Å². The average molecular weight is 485 g/mol. The second-order valence-corrected chi connectivity index (χ2v) is 8.68. The molecule has 0 radical (unpaired) electrons. The molecule has 35 heavy (non-hydrogen) atoms. The summed E-state index contributed by atoms with van der Waals surface area (Å²) in [5.74, 6) is -0.974. The van der Waals surface area contributed by atoms with E-state index in [0.717, 1.165) is 11.8 Å². The standard InChI is InChI=1S/C26H17FN4O3S/c1-15-10-11-16(12-19(15)27)31-25(33)17-6-2-4-8-20(17)29-26(31)35-14-23(32)30-24-18-7-3-5-9-21(18)34-22(24)13-28/h2-12H,14H2,1H3,(H,30,32). The molecule has 1 amide bonds. The lowest BCUT2D eigenvalue weighted by atomic mass is 10.2. The molecule has 5 rings (SSSR count). The number of thioether (sulfide) groups is 1. The summed E-state index contributed by atoms with van der Waals surface area (Å²) >= 11 is 1.03. The molecular weight excluding hydrogens is 467 g/mol. The number of anilines is 1. The highest BCUT2D eigenvalue weighted by Crippen LogP contribution is 2.31. The predicted molar refractivity (Wildman–Crippen MR) is 132 cm³/mol. The zero-order valence-corrected chi connectivity index (χ0v) is 19.2. The molecule has 2 aromatic heterocycles. The summed E-state index contributed by atoms with van der Waals surface area (Å²) in [4.78, 5) is 30.7. The third-order valence-electron chi connectivity index (χ3n) is 5.45. The predicted octanol–water partition coefficient (Wildman–Crippen LogP) is 5.18. The summed E-state index contributed by atoms with van der Waals surface area (Å²) in [5, 5.41) is 13.4. The second-order valence-electron chi connectivity index (χ2n) is 7.74. The zero-order chi connectivity index (χ0) is 24.5. The van der Waals surface area contributed by atoms with Gasteiger partial charge in [0, 0.05) is 5.39 Å². The molecule has 172 valence electrons. The number of aromatic nitrogens is 2. The van der Waals surface area contributed by atoms with Gasteiger partial charge in [-0.3, -0.25) is 14.2 Å². The number of hydrogen-bond acceptors (Lipinski definition) is 6. The van der Waals surface area contributed by atoms with E-state index in [2.05, 4.69) is 10.3 Å². The highest BCUT2D eigenvalue weighted by atomic mass is 32.2. The maximum absolute atomic E-state index is 14.3. The molecule has 2 heterocycles. The van der Waals surface area contributed by atoms with Crippen molar-refractivity contribution in [2.24, 2.45) is 0 Å². The van der Waals surface area contributed by atoms with Crippen molar-refractivity contribution < 1.29 is 13.6 Å². The fraction of sp³-hybridized carbons (Fsp3) is 0.0769. The first-order valence-corrected chi connectivity index (χ1v) is 11.6. The van der Waals surface area contributed by atoms with Crippen LogP contribution in [-0.4, -0.2) is 21.2 Å². The molecule has 0 spiro atoms. The maximum Gasteiger partial charge on any atom is 0.266 e. The molecule has 3 aromatic carbocycles. The van der Waals surface area contributed by atoms with E-state index in [-0.39, 0.29) is 27.9 Å². The van der Waals surface area contributed by atoms with Gasteiger partial charge in [-0.2, -0.15) is 5.26 Å². The molecule has 0 atom stereocenters. The number of rotatable bonds is 5. The van der Waals surface area contributed by atoms with Crippen LogP contribution < -0.4 is 10.9 Å². The summed E-state index contributed by atoms with van der Waals surface area (Å²) in [6, 6.07) is 20.3. The number of carbonyl (C=O) groups is 1. The van der Waals surface area contributed by atoms with Crippen molar-refractivity contribution in [2.75, 3.05) is 11.1 Å². The normalized spacial score (nSPS) is 11.0. The van der Waals surface area contributed by atoms with E-state index >= 15 is 0 Å². The minimum atomic E-state index is -0.452. The fourth-order valence-corrected chi connectivity index (χ4v) is 4.52. The van der Waals surface area contributed by atoms with Crippen molar-refractivity contribution in [3.8, 4) is 11.8 Å². The summed E-state index contributed by atoms with van der Waals surface area (Å²) in [6.45, 7) is 1.63. The number of fused-ring (bicyclic) bond motifs is 2. The number of nitriles is 1. The Morgan fingerprint density at radius 2 is 1.89 bits per heavy atom. The lowest BCUT2D eigenvalue weighted by Gasteiger charge is -2.14. The van der Waals surface area contributed by atoms with Gasteiger partial charge in [-0.25, -0.2) is 9.37 Å². The Morgan fingerprint density at radius 1 is 1.14 bits per heavy atom. The molecule has 0 aliphatic carbocycles. The van der Waals surface area contributed by atoms with Crippen molar-refractivity contribution in [1.82, 2.24) is 9.55 Å². The SMILES string of the molecule is Cc1ccc(-n2c(SCC(=O)Nc3c(C#N)oc4ccccc34)nc3ccccc3c2=O)cc1F. The van der Waals surface area contributed by atoms with Crippen LogP contribution in [0.15, 0.2) is 81.1 Å². The van der Waals surface area contributed by atoms with Crippen molar-refractivity contribution >= 4 is 45.2 Å². The van der Waals surface area contributed by atoms with Gasteiger partial charge in [0.25, 0.3) is 5.56 Å². The number of aryl methyl sites for hydroxylation is 1. The van der Waals surface area contributed by atoms with E-state index in [1.807, 2.05) is 6.07 Å². The van der Waals surface area contributed by atoms with Crippen LogP contribution in [0.4, 0.5) is 10.1 Å². The first kappa shape index (κ1) is 22.4. The second kappa shape index (κ2) is 9.08. The van der Waals surface area contributed by atoms with Crippen molar-refractivity contribution in [3.05, 3.63) is 94.2 Å². The van der Waals surface area contributed by atoms with Gasteiger partial charge < -0.3 is 9.73 Å². The van der Waals surface area contributed by atoms with Crippen LogP contribution in [-0.2, 0) is 4.79 Å². The Labute approximate surface area is 202 Å². The van der Waals surface area contributed by atoms with E-state index in [9.17, 15) is 19.2 Å². The quantitative estimate of drug-likeness (QED) is 0.272. The lowest BCUT2D eigenvalue weighted by Crippen LogP contribution is -2.23. The van der Waals surface area contributed by atoms with Crippen LogP contribution in [0.5, 0.6) is 0 Å². The monoisotopic (exact) mass is 484 g/mol. The molecule has 5 aromatic rings. The zero-order valence-electron chi connectivity index (χ0n) is 18.4. The van der Waals surface area contributed by atoms with Crippen LogP contribution >= 0.6 is 11.8 Å². The minimum absolute atomic E-state index is 0.000388. The molecule has 0 aliphatic heterocycles. The van der Waals surface area contributed by atoms with Gasteiger partial charge in [0.15, 0.2) is 5.16 Å². The van der Waals surface area contributed by atoms with Crippen molar-refractivity contribution in [1.29, 1.82) is 5.26 Å². The maximum atomic E-state index is 14.3. The minimum Gasteiger partial charge on any atom is -0.443 e. The van der Waals surface area contributed by atoms with Gasteiger partial charge in [-0.05, 0) is 48.9 Å². The Bertz CT molecular complexity index is 1720. The first-order valence-electron chi connectivity index (χ1n) is 10.6. The molecule has 0 saturated carbocycles. The number of furan rings is 1. The van der Waals surface area contributed by atoms with Crippen LogP contribution in [0, 0.1) is 24.1 Å². The lowest BCUT2D eigenvalue weighted by molar-refractivity contribution is -0.113. The van der Waals surface area contributed by atoms with Crippen molar-refractivity contribution in [3.63, 3.8) is 0 Å². The number of nitrogens with one attached hydrogen (secondary N) is 1. The van der Waals surface area contributed by atoms with Gasteiger partial charge in [0.05, 0.1) is 22.3 Å². The molecule has 9 heteroatoms. The number of amides is 1. The Kier molecular flexibility index (Phi) is 5.81. The number of nitrogens with zero attached hydrogens (tertiary/aromatic N) is 3. The molecule has 1 N–H and O–H groups in total. The molecule has 0 bridgehead atoms. The largest absolute Gasteiger partial charge is 0.443 e. The van der Waals surface area contributed by atoms with Crippen LogP contribution in [0.2, 0.25) is 0 Å². The Balaban J connectivity index is 1.50. The van der Waals surface area contributed by atoms with E-state index in [4.69, 9.17) is 4.42 Å². The van der Waals surface area contributed by atoms with Crippen LogP contribution in [0.1, 0.15) is 11.3 Å². The third kappa shape index (κ3) is 4.16. The van der Waals surface area contributed by atoms with E-state index in [1.165, 1.54) is 10.6 Å². The first-order chi connectivity index (χ1) is 17.0. The summed E-state index contributed by atoms with van der Waals surface area (Å²) in [6.07, 6.45) is 0. The van der Waals surface area contributed by atoms with Crippen LogP contribution in [0.3, 0.4) is 0 Å². The molecule has 0 fully saturated rings. The summed E-state index contributed by atoms with van der Waals surface area (Å²) in [7, 11) is 0. The average Bonchev–Trinajstić information content (AvgIpc) is 3.22. The van der Waals surface area contributed by atoms with Gasteiger partial charge in [0.1, 0.15) is 23.2 Å². The third-order valence-corrected chi connectivity index (χ3v) is 6.39. The Morgan fingerprint density at radius 3 is 2.66 bits per heavy atom. The fourth-order valence-electron chi connectivity index (χ4n) is 3.71. The van der Waals surface area contributed by atoms with Gasteiger partial charge in [0.2, 0.25) is 11.7 Å². The number of para-hydroxylation sites is 2. The molecular formula is C26H17FN4O3S. The smallest absolute Gasteiger partial charge is 0.266 e. The number of carbonyl (C=O) groups excluding carboxylic acids is 1. The molecule has 0 unspecified atom stereocenters. The van der Waals surface area contributed by atoms with E-state index in [1.54, 1.807) is 67.6 Å². The molecule has 7 nitrogen and oxygen atoms in total. The highest BCUT2D eigenvalue weighted by Gasteiger charge is 2.19. The molecule has 0 aliphatic rings. The summed E-state index contributed by atoms with van der Waals surface area (Å²) < 4.78 is 21.1. The Hall–Kier alpha value is -4.42. The van der Waals surface area contributed by atoms with Gasteiger partial charge >= 0.3 is 0 Å². The van der Waals surface area contributed by atoms with Crippen molar-refractivity contribution in [2.45, 2.75) is 12.1 Å². The van der Waals surface area contributed by atoms with E-state index in [0.29, 0.717) is 33.1 Å². The van der Waals surface area contributed by atoms with Crippen LogP contribution in [0.25, 0.3) is 27.6 Å². The van der Waals surface area contributed by atoms with E-state index < -0.39 is 11.7 Å². The number of benzene rings is 3. The van der Waals surface area contributed by atoms with Gasteiger partial charge in [-0.1, -0.05) is 42.1 Å². The molecule has 0 saturated heterocycles. The van der Waals surface area contributed by atoms with Gasteiger partial charge in [-0.15, -0.1) is 0 Å².